The number of halogens is 3. The number of hydrazine groups is 1. The van der Waals surface area contributed by atoms with E-state index < -0.39 is 11.7 Å². The number of aromatic nitrogens is 1. The van der Waals surface area contributed by atoms with Crippen LogP contribution in [-0.4, -0.2) is 36.6 Å². The Hall–Kier alpha value is -2.65. The highest BCUT2D eigenvalue weighted by Gasteiger charge is 2.35. The van der Waals surface area contributed by atoms with E-state index in [1.165, 1.54) is 6.07 Å². The highest BCUT2D eigenvalue weighted by Crippen LogP contribution is 2.30. The van der Waals surface area contributed by atoms with Gasteiger partial charge in [0.05, 0.1) is 17.5 Å². The van der Waals surface area contributed by atoms with Crippen molar-refractivity contribution in [3.05, 3.63) is 59.8 Å². The summed E-state index contributed by atoms with van der Waals surface area (Å²) in [6, 6.07) is 12.3. The Bertz CT molecular complexity index is 851. The summed E-state index contributed by atoms with van der Waals surface area (Å²) in [6.07, 6.45) is -2.08. The molecule has 0 radical (unpaired) electrons. The lowest BCUT2D eigenvalue weighted by Gasteiger charge is -2.34. The first-order chi connectivity index (χ1) is 14.4. The number of benzene rings is 1. The van der Waals surface area contributed by atoms with E-state index in [-0.39, 0.29) is 23.9 Å². The van der Waals surface area contributed by atoms with E-state index in [0.717, 1.165) is 30.7 Å². The van der Waals surface area contributed by atoms with Gasteiger partial charge in [-0.05, 0) is 30.5 Å². The van der Waals surface area contributed by atoms with Crippen molar-refractivity contribution >= 4 is 11.7 Å². The maximum atomic E-state index is 12.9. The summed E-state index contributed by atoms with van der Waals surface area (Å²) in [7, 11) is 0. The predicted octanol–water partition coefficient (Wildman–Crippen LogP) is 2.65. The van der Waals surface area contributed by atoms with Gasteiger partial charge in [-0.3, -0.25) is 10.2 Å². The number of rotatable bonds is 4. The molecule has 2 atom stereocenters. The van der Waals surface area contributed by atoms with Crippen molar-refractivity contribution in [3.8, 4) is 0 Å². The normalized spacial score (nSPS) is 22.8. The maximum absolute atomic E-state index is 12.9. The molecule has 1 aromatic heterocycles. The fourth-order valence-corrected chi connectivity index (χ4v) is 4.02. The molecule has 160 valence electrons. The Morgan fingerprint density at radius 2 is 1.83 bits per heavy atom. The molecule has 0 spiro atoms. The summed E-state index contributed by atoms with van der Waals surface area (Å²) < 4.78 is 38.1. The standard InChI is InChI=1S/C21H24F3N5O/c22-21(23,24)15-6-7-18(25-12-15)29-10-8-16(9-11-29)27-20(30)17-13-26-28-19(17)14-4-2-1-3-5-14/h1-7,12,16-17,19,26,28H,8-11,13H2,(H,27,30). The van der Waals surface area contributed by atoms with Crippen molar-refractivity contribution in [1.82, 2.24) is 21.2 Å². The average Bonchev–Trinajstić information content (AvgIpc) is 3.25. The minimum atomic E-state index is -4.38. The van der Waals surface area contributed by atoms with Gasteiger partial charge in [0.1, 0.15) is 5.82 Å². The Kier molecular flexibility index (Phi) is 5.92. The zero-order valence-electron chi connectivity index (χ0n) is 16.3. The number of amides is 1. The lowest BCUT2D eigenvalue weighted by molar-refractivity contribution is -0.137. The minimum absolute atomic E-state index is 0.00691. The number of hydrogen-bond donors (Lipinski definition) is 3. The lowest BCUT2D eigenvalue weighted by Crippen LogP contribution is -2.47. The molecule has 4 rings (SSSR count). The summed E-state index contributed by atoms with van der Waals surface area (Å²) in [6.45, 7) is 1.82. The van der Waals surface area contributed by atoms with Crippen molar-refractivity contribution in [2.24, 2.45) is 5.92 Å². The van der Waals surface area contributed by atoms with E-state index in [1.54, 1.807) is 0 Å². The van der Waals surface area contributed by atoms with Crippen LogP contribution in [0.1, 0.15) is 30.0 Å². The van der Waals surface area contributed by atoms with E-state index >= 15 is 0 Å². The summed E-state index contributed by atoms with van der Waals surface area (Å²) >= 11 is 0. The fourth-order valence-electron chi connectivity index (χ4n) is 4.02. The summed E-state index contributed by atoms with van der Waals surface area (Å²) in [5, 5.41) is 3.15. The van der Waals surface area contributed by atoms with E-state index in [0.29, 0.717) is 25.5 Å². The molecule has 1 aromatic carbocycles. The van der Waals surface area contributed by atoms with Gasteiger partial charge in [0.15, 0.2) is 0 Å². The Morgan fingerprint density at radius 1 is 1.10 bits per heavy atom. The molecule has 0 bridgehead atoms. The highest BCUT2D eigenvalue weighted by molar-refractivity contribution is 5.80. The fraction of sp³-hybridized carbons (Fsp3) is 0.429. The van der Waals surface area contributed by atoms with Gasteiger partial charge in [-0.25, -0.2) is 10.4 Å². The van der Waals surface area contributed by atoms with E-state index in [4.69, 9.17) is 0 Å². The number of pyridine rings is 1. The summed E-state index contributed by atoms with van der Waals surface area (Å²) in [4.78, 5) is 18.8. The number of carbonyl (C=O) groups excluding carboxylic acids is 1. The van der Waals surface area contributed by atoms with E-state index in [1.807, 2.05) is 35.2 Å². The highest BCUT2D eigenvalue weighted by atomic mass is 19.4. The molecule has 2 unspecified atom stereocenters. The van der Waals surface area contributed by atoms with Gasteiger partial charge in [0, 0.05) is 31.9 Å². The second-order valence-electron chi connectivity index (χ2n) is 7.69. The van der Waals surface area contributed by atoms with Crippen LogP contribution in [0.3, 0.4) is 0 Å². The third kappa shape index (κ3) is 4.57. The van der Waals surface area contributed by atoms with Crippen molar-refractivity contribution in [3.63, 3.8) is 0 Å². The van der Waals surface area contributed by atoms with E-state index in [2.05, 4.69) is 21.2 Å². The molecule has 6 nitrogen and oxygen atoms in total. The van der Waals surface area contributed by atoms with Crippen molar-refractivity contribution in [1.29, 1.82) is 0 Å². The van der Waals surface area contributed by atoms with Crippen LogP contribution in [0.15, 0.2) is 48.7 Å². The second-order valence-corrected chi connectivity index (χ2v) is 7.69. The maximum Gasteiger partial charge on any atom is 0.417 e. The van der Waals surface area contributed by atoms with Gasteiger partial charge in [-0.15, -0.1) is 0 Å². The molecule has 3 N–H and O–H groups in total. The van der Waals surface area contributed by atoms with Crippen LogP contribution in [0, 0.1) is 5.92 Å². The topological polar surface area (TPSA) is 69.3 Å². The first-order valence-corrected chi connectivity index (χ1v) is 10.0. The predicted molar refractivity (Wildman–Crippen MR) is 106 cm³/mol. The molecule has 2 saturated heterocycles. The van der Waals surface area contributed by atoms with Gasteiger partial charge in [-0.1, -0.05) is 30.3 Å². The van der Waals surface area contributed by atoms with Crippen molar-refractivity contribution in [2.45, 2.75) is 31.1 Å². The first kappa shape index (κ1) is 20.6. The van der Waals surface area contributed by atoms with Crippen LogP contribution in [0.25, 0.3) is 0 Å². The Labute approximate surface area is 172 Å². The summed E-state index contributed by atoms with van der Waals surface area (Å²) in [5.74, 6) is 0.329. The quantitative estimate of drug-likeness (QED) is 0.711. The zero-order valence-corrected chi connectivity index (χ0v) is 16.3. The van der Waals surface area contributed by atoms with E-state index in [9.17, 15) is 18.0 Å². The Balaban J connectivity index is 1.31. The van der Waals surface area contributed by atoms with Gasteiger partial charge >= 0.3 is 6.18 Å². The number of nitrogens with one attached hydrogen (secondary N) is 3. The zero-order chi connectivity index (χ0) is 21.1. The molecule has 9 heteroatoms. The third-order valence-corrected chi connectivity index (χ3v) is 5.72. The average molecular weight is 419 g/mol. The SMILES string of the molecule is O=C(NC1CCN(c2ccc(C(F)(F)F)cn2)CC1)C1CNNC1c1ccccc1. The van der Waals surface area contributed by atoms with Crippen LogP contribution >= 0.6 is 0 Å². The molecule has 3 heterocycles. The Morgan fingerprint density at radius 3 is 2.47 bits per heavy atom. The first-order valence-electron chi connectivity index (χ1n) is 10.0. The molecule has 2 aromatic rings. The van der Waals surface area contributed by atoms with Gasteiger partial charge < -0.3 is 10.2 Å². The van der Waals surface area contributed by atoms with Gasteiger partial charge in [-0.2, -0.15) is 13.2 Å². The molecular formula is C21H24F3N5O. The molecule has 2 aliphatic heterocycles. The molecule has 2 aliphatic rings. The van der Waals surface area contributed by atoms with Crippen LogP contribution in [0.2, 0.25) is 0 Å². The van der Waals surface area contributed by atoms with Crippen molar-refractivity contribution < 1.29 is 18.0 Å². The van der Waals surface area contributed by atoms with Crippen LogP contribution in [0.5, 0.6) is 0 Å². The smallest absolute Gasteiger partial charge is 0.356 e. The number of hydrogen-bond acceptors (Lipinski definition) is 5. The number of nitrogens with zero attached hydrogens (tertiary/aromatic N) is 2. The lowest BCUT2D eigenvalue weighted by atomic mass is 9.93. The molecule has 2 fully saturated rings. The number of carbonyl (C=O) groups is 1. The molecule has 0 saturated carbocycles. The number of piperidine rings is 1. The summed E-state index contributed by atoms with van der Waals surface area (Å²) in [5.41, 5.74) is 6.56. The van der Waals surface area contributed by atoms with Gasteiger partial charge in [0.2, 0.25) is 5.91 Å². The molecule has 30 heavy (non-hydrogen) atoms. The monoisotopic (exact) mass is 419 g/mol. The van der Waals surface area contributed by atoms with Crippen LogP contribution in [-0.2, 0) is 11.0 Å². The number of alkyl halides is 3. The largest absolute Gasteiger partial charge is 0.417 e. The molecule has 1 amide bonds. The van der Waals surface area contributed by atoms with Crippen LogP contribution < -0.4 is 21.1 Å². The van der Waals surface area contributed by atoms with Crippen LogP contribution in [0.4, 0.5) is 19.0 Å². The van der Waals surface area contributed by atoms with Gasteiger partial charge in [0.25, 0.3) is 0 Å². The minimum Gasteiger partial charge on any atom is -0.356 e. The molecule has 0 aliphatic carbocycles. The van der Waals surface area contributed by atoms with Crippen molar-refractivity contribution in [2.75, 3.05) is 24.5 Å². The number of anilines is 1. The second kappa shape index (κ2) is 8.61. The third-order valence-electron chi connectivity index (χ3n) is 5.72. The molecular weight excluding hydrogens is 395 g/mol.